The van der Waals surface area contributed by atoms with E-state index in [4.69, 9.17) is 44.3 Å². The van der Waals surface area contributed by atoms with E-state index < -0.39 is 15.5 Å². The van der Waals surface area contributed by atoms with E-state index in [0.717, 1.165) is 16.5 Å². The summed E-state index contributed by atoms with van der Waals surface area (Å²) in [4.78, 5) is 12.3. The van der Waals surface area contributed by atoms with Crippen LogP contribution in [0.25, 0.3) is 10.9 Å². The lowest BCUT2D eigenvalue weighted by Crippen LogP contribution is -2.42. The monoisotopic (exact) mass is 425 g/mol. The number of benzene rings is 2. The molecule has 0 spiro atoms. The lowest BCUT2D eigenvalue weighted by atomic mass is 10.2. The fourth-order valence-corrected chi connectivity index (χ4v) is 2.69. The molecule has 0 aliphatic rings. The van der Waals surface area contributed by atoms with E-state index in [9.17, 15) is 4.79 Å². The average molecular weight is 427 g/mol. The van der Waals surface area contributed by atoms with Crippen LogP contribution in [0.2, 0.25) is 0 Å². The number of carbonyl (C=O) groups is 1. The Bertz CT molecular complexity index is 946. The highest BCUT2D eigenvalue weighted by Crippen LogP contribution is 2.40. The van der Waals surface area contributed by atoms with Gasteiger partial charge in [-0.2, -0.15) is 0 Å². The molecule has 3 aromatic rings. The molecule has 0 N–H and O–H groups in total. The Morgan fingerprint density at radius 1 is 1.00 bits per heavy atom. The van der Waals surface area contributed by atoms with Gasteiger partial charge >= 0.3 is 6.16 Å². The highest BCUT2D eigenvalue weighted by molar-refractivity contribution is 6.68. The second-order valence-corrected chi connectivity index (χ2v) is 8.86. The smallest absolute Gasteiger partial charge is 0.423 e. The van der Waals surface area contributed by atoms with Crippen molar-refractivity contribution in [3.8, 4) is 5.88 Å². The first-order valence-corrected chi connectivity index (χ1v) is 9.40. The number of alkyl halides is 3. The quantitative estimate of drug-likeness (QED) is 0.360. The molecule has 1 aromatic heterocycles. The fraction of sp³-hybridized carbons (Fsp3) is 0.250. The molecule has 0 amide bonds. The number of para-hydroxylation sites is 1. The van der Waals surface area contributed by atoms with E-state index in [2.05, 4.69) is 0 Å². The Morgan fingerprint density at radius 3 is 2.30 bits per heavy atom. The van der Waals surface area contributed by atoms with Gasteiger partial charge in [0.2, 0.25) is 9.67 Å². The van der Waals surface area contributed by atoms with E-state index in [1.165, 1.54) is 13.8 Å². The van der Waals surface area contributed by atoms with Crippen molar-refractivity contribution in [3.63, 3.8) is 0 Å². The van der Waals surface area contributed by atoms with Gasteiger partial charge in [0.1, 0.15) is 0 Å². The van der Waals surface area contributed by atoms with E-state index in [1.807, 2.05) is 59.2 Å². The second-order valence-electron chi connectivity index (χ2n) is 6.58. The first kappa shape index (κ1) is 19.9. The number of aromatic nitrogens is 1. The van der Waals surface area contributed by atoms with Crippen LogP contribution in [0.15, 0.2) is 60.7 Å². The predicted molar refractivity (Wildman–Crippen MR) is 109 cm³/mol. The lowest BCUT2D eigenvalue weighted by molar-refractivity contribution is 0.0101. The van der Waals surface area contributed by atoms with Crippen LogP contribution >= 0.6 is 34.8 Å². The molecule has 0 aliphatic heterocycles. The number of ether oxygens (including phenoxy) is 2. The minimum absolute atomic E-state index is 0.352. The molecule has 142 valence electrons. The predicted octanol–water partition coefficient (Wildman–Crippen LogP) is 6.35. The first-order valence-electron chi connectivity index (χ1n) is 8.27. The number of nitrogens with zero attached hydrogens (tertiary/aromatic N) is 1. The van der Waals surface area contributed by atoms with Crippen LogP contribution in [-0.4, -0.2) is 20.1 Å². The van der Waals surface area contributed by atoms with Crippen molar-refractivity contribution < 1.29 is 14.3 Å². The Morgan fingerprint density at radius 2 is 1.63 bits per heavy atom. The van der Waals surface area contributed by atoms with Crippen molar-refractivity contribution in [2.24, 2.45) is 0 Å². The second kappa shape index (κ2) is 7.63. The molecule has 0 saturated heterocycles. The molecule has 27 heavy (non-hydrogen) atoms. The zero-order valence-electron chi connectivity index (χ0n) is 14.8. The van der Waals surface area contributed by atoms with Gasteiger partial charge in [0.25, 0.3) is 0 Å². The Hall–Kier alpha value is -1.88. The van der Waals surface area contributed by atoms with Crippen molar-refractivity contribution >= 4 is 51.9 Å². The topological polar surface area (TPSA) is 40.5 Å². The summed E-state index contributed by atoms with van der Waals surface area (Å²) < 4.78 is 10.8. The molecular weight excluding hydrogens is 409 g/mol. The number of fused-ring (bicyclic) bond motifs is 1. The fourth-order valence-electron chi connectivity index (χ4n) is 2.57. The lowest BCUT2D eigenvalue weighted by Gasteiger charge is -2.31. The number of hydrogen-bond donors (Lipinski definition) is 0. The van der Waals surface area contributed by atoms with Crippen LogP contribution < -0.4 is 4.74 Å². The molecule has 0 bridgehead atoms. The van der Waals surface area contributed by atoms with Gasteiger partial charge in [-0.15, -0.1) is 0 Å². The third-order valence-corrected chi connectivity index (χ3v) is 5.53. The Balaban J connectivity index is 1.90. The summed E-state index contributed by atoms with van der Waals surface area (Å²) in [5, 5.41) is 0.942. The van der Waals surface area contributed by atoms with E-state index in [0.29, 0.717) is 12.4 Å². The Kier molecular flexibility index (Phi) is 5.61. The third-order valence-electron chi connectivity index (χ3n) is 4.17. The van der Waals surface area contributed by atoms with E-state index >= 15 is 0 Å². The Labute approximate surface area is 172 Å². The maximum atomic E-state index is 12.3. The summed E-state index contributed by atoms with van der Waals surface area (Å²) in [7, 11) is 0. The summed E-state index contributed by atoms with van der Waals surface area (Å²) >= 11 is 17.6. The minimum Gasteiger partial charge on any atom is -0.423 e. The summed E-state index contributed by atoms with van der Waals surface area (Å²) in [6, 6.07) is 19.4. The summed E-state index contributed by atoms with van der Waals surface area (Å²) in [6.45, 7) is 3.53. The van der Waals surface area contributed by atoms with Gasteiger partial charge in [-0.25, -0.2) is 4.79 Å². The molecule has 0 radical (unpaired) electrons. The van der Waals surface area contributed by atoms with Crippen molar-refractivity contribution in [3.05, 3.63) is 66.2 Å². The molecular formula is C20H18Cl3NO3. The van der Waals surface area contributed by atoms with Gasteiger partial charge in [0.05, 0.1) is 12.1 Å². The van der Waals surface area contributed by atoms with Crippen LogP contribution in [0, 0.1) is 0 Å². The highest BCUT2D eigenvalue weighted by Gasteiger charge is 2.44. The van der Waals surface area contributed by atoms with Crippen LogP contribution in [0.3, 0.4) is 0 Å². The molecule has 3 rings (SSSR count). The number of carbonyl (C=O) groups excluding carboxylic acids is 1. The standard InChI is InChI=1S/C20H18Cl3NO3/c1-19(2,20(21,22)23)27-18(25)26-17-12-15-10-6-7-11-16(15)24(17)13-14-8-4-3-5-9-14/h3-12H,13H2,1-2H3. The molecule has 2 aromatic carbocycles. The zero-order valence-corrected chi connectivity index (χ0v) is 17.1. The SMILES string of the molecule is CC(C)(OC(=O)Oc1cc2ccccc2n1Cc1ccccc1)C(Cl)(Cl)Cl. The highest BCUT2D eigenvalue weighted by atomic mass is 35.6. The summed E-state index contributed by atoms with van der Waals surface area (Å²) in [5.41, 5.74) is 0.647. The van der Waals surface area contributed by atoms with Crippen LogP contribution in [0.5, 0.6) is 5.88 Å². The van der Waals surface area contributed by atoms with Gasteiger partial charge in [-0.3, -0.25) is 0 Å². The van der Waals surface area contributed by atoms with E-state index in [-0.39, 0.29) is 0 Å². The molecule has 0 fully saturated rings. The molecule has 7 heteroatoms. The number of hydrogen-bond acceptors (Lipinski definition) is 3. The summed E-state index contributed by atoms with van der Waals surface area (Å²) in [6.07, 6.45) is -0.941. The normalized spacial score (nSPS) is 12.2. The van der Waals surface area contributed by atoms with Gasteiger partial charge in [0, 0.05) is 11.5 Å². The first-order chi connectivity index (χ1) is 12.7. The zero-order chi connectivity index (χ0) is 19.7. The largest absolute Gasteiger partial charge is 0.515 e. The van der Waals surface area contributed by atoms with Gasteiger partial charge in [-0.1, -0.05) is 83.3 Å². The van der Waals surface area contributed by atoms with Gasteiger partial charge < -0.3 is 14.0 Å². The van der Waals surface area contributed by atoms with Crippen molar-refractivity contribution in [2.75, 3.05) is 0 Å². The number of halogens is 3. The molecule has 0 aliphatic carbocycles. The summed E-state index contributed by atoms with van der Waals surface area (Å²) in [5.74, 6) is 0.352. The third kappa shape index (κ3) is 4.52. The maximum Gasteiger partial charge on any atom is 0.515 e. The van der Waals surface area contributed by atoms with Crippen LogP contribution in [0.4, 0.5) is 4.79 Å². The molecule has 1 heterocycles. The minimum atomic E-state index is -1.79. The van der Waals surface area contributed by atoms with Crippen molar-refractivity contribution in [1.29, 1.82) is 0 Å². The van der Waals surface area contributed by atoms with Gasteiger partial charge in [0.15, 0.2) is 5.60 Å². The van der Waals surface area contributed by atoms with Crippen LogP contribution in [-0.2, 0) is 11.3 Å². The average Bonchev–Trinajstić information content (AvgIpc) is 2.91. The number of rotatable bonds is 4. The van der Waals surface area contributed by atoms with E-state index in [1.54, 1.807) is 6.07 Å². The van der Waals surface area contributed by atoms with Gasteiger partial charge in [-0.05, 0) is 25.5 Å². The molecule has 0 atom stereocenters. The van der Waals surface area contributed by atoms with Crippen molar-refractivity contribution in [2.45, 2.75) is 29.8 Å². The molecule has 0 saturated carbocycles. The van der Waals surface area contributed by atoms with Crippen LogP contribution in [0.1, 0.15) is 19.4 Å². The van der Waals surface area contributed by atoms with Crippen molar-refractivity contribution in [1.82, 2.24) is 4.57 Å². The molecule has 0 unspecified atom stereocenters. The maximum absolute atomic E-state index is 12.3. The molecule has 4 nitrogen and oxygen atoms in total.